The second-order valence-corrected chi connectivity index (χ2v) is 6.75. The van der Waals surface area contributed by atoms with Crippen LogP contribution in [0.1, 0.15) is 20.7 Å². The molecule has 0 spiro atoms. The minimum Gasteiger partial charge on any atom is -0.545 e. The Balaban J connectivity index is -0.00000253. The molecule has 182 valence electrons. The molecule has 0 N–H and O–H groups in total. The van der Waals surface area contributed by atoms with E-state index in [1.54, 1.807) is 0 Å². The summed E-state index contributed by atoms with van der Waals surface area (Å²) in [5.74, 6) is -15.1. The topological polar surface area (TPSA) is 297 Å². The van der Waals surface area contributed by atoms with Gasteiger partial charge in [0, 0.05) is 38.3 Å². The summed E-state index contributed by atoms with van der Waals surface area (Å²) in [4.78, 5) is 71.4. The molecule has 1 aromatic carbocycles. The van der Waals surface area contributed by atoms with Crippen LogP contribution in [0.15, 0.2) is 55.3 Å². The van der Waals surface area contributed by atoms with Crippen molar-refractivity contribution < 1.29 is 237 Å². The molecule has 4 rings (SSSR count). The van der Waals surface area contributed by atoms with Gasteiger partial charge in [0.2, 0.25) is 5.82 Å². The SMILES string of the molecule is O=C([O-])C1=C(C(=O)[O-])C2=c3c(C(=O)[O-])c(C(=O)[O-])ccc3=C3N=NN=NN3N2C(C(=O)[O-])=C1C(=O)[O-].[Na+].[Na+].[Na+].[Na+].[Na+].[Na+]. The van der Waals surface area contributed by atoms with Gasteiger partial charge in [0.25, 0.3) is 0 Å². The molecular formula is C18H2N6Na6O12. The third-order valence-electron chi connectivity index (χ3n) is 4.99. The van der Waals surface area contributed by atoms with Crippen LogP contribution in [0, 0.1) is 0 Å². The summed E-state index contributed by atoms with van der Waals surface area (Å²) >= 11 is 0. The molecule has 3 aliphatic heterocycles. The number of carbonyl (C=O) groups excluding carboxylic acids is 6. The molecule has 0 atom stereocenters. The van der Waals surface area contributed by atoms with E-state index in [0.29, 0.717) is 11.2 Å². The monoisotopic (exact) mass is 632 g/mol. The normalized spacial score (nSPS) is 13.6. The van der Waals surface area contributed by atoms with Crippen molar-refractivity contribution in [1.82, 2.24) is 10.1 Å². The molecule has 42 heavy (non-hydrogen) atoms. The number of aromatic carboxylic acids is 2. The molecule has 18 nitrogen and oxygen atoms in total. The minimum atomic E-state index is -2.57. The van der Waals surface area contributed by atoms with Crippen molar-refractivity contribution in [3.05, 3.63) is 56.1 Å². The number of fused-ring (bicyclic) bond motifs is 4. The van der Waals surface area contributed by atoms with Crippen LogP contribution in [-0.2, 0) is 19.2 Å². The maximum Gasteiger partial charge on any atom is 1.00 e. The molecule has 0 fully saturated rings. The number of hydrogen-bond acceptors (Lipinski definition) is 18. The standard InChI is InChI=1S/C18H8N6O12.6Na/c25-13(26)4-2-1-3-5(6(4)14(27)28)10-8(16(31)32)7(15(29)30)9(17(33)34)11(18(35)36)23(10)24-12(3)19-20-21-22-24;;;;;;/h1-2H,(H,25,26)(H,27,28)(H,29,30)(H,31,32)(H,33,34)(H,35,36);;;;;;/q;6*+1/p-6. The van der Waals surface area contributed by atoms with Crippen LogP contribution < -0.4 is 218 Å². The fourth-order valence-corrected chi connectivity index (χ4v) is 3.81. The summed E-state index contributed by atoms with van der Waals surface area (Å²) in [5.41, 5.74) is -10.6. The van der Waals surface area contributed by atoms with Crippen LogP contribution in [0.2, 0.25) is 0 Å². The molecular weight excluding hydrogens is 630 g/mol. The molecule has 0 aliphatic carbocycles. The van der Waals surface area contributed by atoms with Gasteiger partial charge < -0.3 is 59.4 Å². The molecule has 0 saturated heterocycles. The van der Waals surface area contributed by atoms with Gasteiger partial charge in [-0.15, -0.1) is 10.2 Å². The number of carbonyl (C=O) groups is 6. The maximum absolute atomic E-state index is 12.1. The van der Waals surface area contributed by atoms with Crippen LogP contribution >= 0.6 is 0 Å². The Kier molecular flexibility index (Phi) is 20.2. The van der Waals surface area contributed by atoms with Crippen molar-refractivity contribution in [1.29, 1.82) is 0 Å². The maximum atomic E-state index is 12.1. The van der Waals surface area contributed by atoms with Gasteiger partial charge in [-0.3, -0.25) is 0 Å². The first-order chi connectivity index (χ1) is 16.9. The quantitative estimate of drug-likeness (QED) is 0.263. The molecule has 1 aromatic rings. The second kappa shape index (κ2) is 18.3. The zero-order chi connectivity index (χ0) is 26.6. The number of hydrogen-bond donors (Lipinski definition) is 0. The Morgan fingerprint density at radius 3 is 1.55 bits per heavy atom. The van der Waals surface area contributed by atoms with Gasteiger partial charge in [-0.05, 0) is 21.7 Å². The molecule has 0 aromatic heterocycles. The van der Waals surface area contributed by atoms with Crippen molar-refractivity contribution in [2.45, 2.75) is 0 Å². The number of nitrogens with zero attached hydrogens (tertiary/aromatic N) is 6. The van der Waals surface area contributed by atoms with Crippen molar-refractivity contribution in [3.8, 4) is 0 Å². The molecule has 0 amide bonds. The fraction of sp³-hybridized carbons (Fsp3) is 0. The minimum absolute atomic E-state index is 0. The van der Waals surface area contributed by atoms with Crippen molar-refractivity contribution >= 4 is 47.3 Å². The summed E-state index contributed by atoms with van der Waals surface area (Å²) in [6, 6.07) is 1.52. The van der Waals surface area contributed by atoms with E-state index >= 15 is 0 Å². The van der Waals surface area contributed by atoms with E-state index in [2.05, 4.69) is 20.8 Å². The van der Waals surface area contributed by atoms with E-state index in [-0.39, 0.29) is 182 Å². The number of carboxylic acids is 6. The van der Waals surface area contributed by atoms with E-state index in [1.807, 2.05) is 0 Å². The van der Waals surface area contributed by atoms with E-state index < -0.39 is 91.3 Å². The van der Waals surface area contributed by atoms with Gasteiger partial charge in [-0.2, -0.15) is 0 Å². The van der Waals surface area contributed by atoms with Crippen LogP contribution in [-0.4, -0.2) is 45.9 Å². The van der Waals surface area contributed by atoms with Crippen molar-refractivity contribution in [2.75, 3.05) is 0 Å². The smallest absolute Gasteiger partial charge is 0.545 e. The Morgan fingerprint density at radius 2 is 1.12 bits per heavy atom. The predicted octanol–water partition coefficient (Wildman–Crippen LogP) is -27.5. The summed E-state index contributed by atoms with van der Waals surface area (Å²) in [6.45, 7) is 0. The first-order valence-electron chi connectivity index (χ1n) is 9.00. The third kappa shape index (κ3) is 7.88. The summed E-state index contributed by atoms with van der Waals surface area (Å²) in [6.07, 6.45) is 0. The largest absolute Gasteiger partial charge is 1.00 e. The predicted molar refractivity (Wildman–Crippen MR) is 88.6 cm³/mol. The molecule has 0 saturated carbocycles. The van der Waals surface area contributed by atoms with Gasteiger partial charge in [-0.25, -0.2) is 5.01 Å². The summed E-state index contributed by atoms with van der Waals surface area (Å²) in [5, 5.41) is 83.5. The second-order valence-electron chi connectivity index (χ2n) is 6.75. The number of aliphatic carboxylic acids is 4. The zero-order valence-electron chi connectivity index (χ0n) is 22.7. The van der Waals surface area contributed by atoms with E-state index in [1.165, 1.54) is 0 Å². The first kappa shape index (κ1) is 46.5. The van der Waals surface area contributed by atoms with Gasteiger partial charge >= 0.3 is 177 Å². The van der Waals surface area contributed by atoms with Crippen molar-refractivity contribution in [2.24, 2.45) is 20.8 Å². The number of hydrazine groups is 1. The summed E-state index contributed by atoms with van der Waals surface area (Å²) in [7, 11) is 0. The Morgan fingerprint density at radius 1 is 0.595 bits per heavy atom. The van der Waals surface area contributed by atoms with Gasteiger partial charge in [-0.1, -0.05) is 6.07 Å². The average molecular weight is 632 g/mol. The first-order valence-corrected chi connectivity index (χ1v) is 9.00. The van der Waals surface area contributed by atoms with E-state index in [4.69, 9.17) is 0 Å². The van der Waals surface area contributed by atoms with Crippen LogP contribution in [0.4, 0.5) is 0 Å². The number of carboxylic acid groups (broad SMARTS) is 6. The van der Waals surface area contributed by atoms with Crippen LogP contribution in [0.25, 0.3) is 11.5 Å². The van der Waals surface area contributed by atoms with Gasteiger partial charge in [0.1, 0.15) is 0 Å². The molecule has 24 heteroatoms. The Bertz CT molecular complexity index is 1640. The molecule has 0 radical (unpaired) electrons. The Labute approximate surface area is 365 Å². The number of rotatable bonds is 6. The molecule has 3 aliphatic rings. The van der Waals surface area contributed by atoms with E-state index in [0.717, 1.165) is 6.07 Å². The molecule has 3 heterocycles. The fourth-order valence-electron chi connectivity index (χ4n) is 3.81. The molecule has 0 unspecified atom stereocenters. The van der Waals surface area contributed by atoms with Crippen molar-refractivity contribution in [3.63, 3.8) is 0 Å². The average Bonchev–Trinajstić information content (AvgIpc) is 2.80. The Hall–Kier alpha value is 0.0600. The van der Waals surface area contributed by atoms with Crippen LogP contribution in [0.3, 0.4) is 0 Å². The van der Waals surface area contributed by atoms with Gasteiger partial charge in [0.15, 0.2) is 0 Å². The molecule has 0 bridgehead atoms. The third-order valence-corrected chi connectivity index (χ3v) is 4.99. The zero-order valence-corrected chi connectivity index (χ0v) is 34.7. The number of benzene rings is 1. The van der Waals surface area contributed by atoms with E-state index in [9.17, 15) is 59.4 Å². The summed E-state index contributed by atoms with van der Waals surface area (Å²) < 4.78 is 0. The van der Waals surface area contributed by atoms with Crippen LogP contribution in [0.5, 0.6) is 0 Å². The van der Waals surface area contributed by atoms with Gasteiger partial charge in [0.05, 0.1) is 47.2 Å².